The molecular formula is C14H25N3O2S2. The number of thiophene rings is 1. The molecule has 0 spiro atoms. The zero-order valence-corrected chi connectivity index (χ0v) is 14.9. The van der Waals surface area contributed by atoms with Crippen LogP contribution in [0.25, 0.3) is 0 Å². The van der Waals surface area contributed by atoms with E-state index in [0.29, 0.717) is 29.9 Å². The molecule has 1 saturated heterocycles. The van der Waals surface area contributed by atoms with Gasteiger partial charge in [-0.15, -0.1) is 11.3 Å². The molecule has 0 amide bonds. The number of rotatable bonds is 5. The van der Waals surface area contributed by atoms with Crippen LogP contribution >= 0.6 is 11.3 Å². The number of hydrogen-bond acceptors (Lipinski definition) is 5. The number of nitrogens with one attached hydrogen (secondary N) is 1. The van der Waals surface area contributed by atoms with E-state index in [1.807, 2.05) is 34.1 Å². The Balaban J connectivity index is 2.23. The van der Waals surface area contributed by atoms with Crippen molar-refractivity contribution in [3.05, 3.63) is 16.5 Å². The molecule has 0 saturated carbocycles. The lowest BCUT2D eigenvalue weighted by atomic mass is 10.1. The quantitative estimate of drug-likeness (QED) is 0.888. The second-order valence-corrected chi connectivity index (χ2v) is 9.13. The molecule has 120 valence electrons. The van der Waals surface area contributed by atoms with Gasteiger partial charge in [-0.1, -0.05) is 0 Å². The van der Waals surface area contributed by atoms with Crippen molar-refractivity contribution in [2.45, 2.75) is 36.6 Å². The van der Waals surface area contributed by atoms with Gasteiger partial charge in [0.05, 0.1) is 0 Å². The minimum absolute atomic E-state index is 0.311. The number of piperidine rings is 1. The highest BCUT2D eigenvalue weighted by molar-refractivity contribution is 7.91. The zero-order valence-electron chi connectivity index (χ0n) is 13.2. The molecule has 1 N–H and O–H groups in total. The van der Waals surface area contributed by atoms with Crippen LogP contribution in [-0.4, -0.2) is 57.9 Å². The van der Waals surface area contributed by atoms with Crippen LogP contribution in [0.4, 0.5) is 0 Å². The predicted molar refractivity (Wildman–Crippen MR) is 87.3 cm³/mol. The number of hydrogen-bond donors (Lipinski definition) is 1. The Morgan fingerprint density at radius 2 is 2.19 bits per heavy atom. The minimum Gasteiger partial charge on any atom is -0.315 e. The summed E-state index contributed by atoms with van der Waals surface area (Å²) in [7, 11) is 2.55. The fraction of sp³-hybridized carbons (Fsp3) is 0.714. The first-order valence-corrected chi connectivity index (χ1v) is 9.52. The zero-order chi connectivity index (χ0) is 15.6. The highest BCUT2D eigenvalue weighted by Gasteiger charge is 2.32. The van der Waals surface area contributed by atoms with Crippen LogP contribution in [0.1, 0.15) is 23.3 Å². The number of likely N-dealkylation sites (N-methyl/N-ethyl adjacent to an activating group) is 1. The maximum Gasteiger partial charge on any atom is 0.252 e. The van der Waals surface area contributed by atoms with E-state index in [0.717, 1.165) is 23.3 Å². The lowest BCUT2D eigenvalue weighted by Gasteiger charge is -2.35. The smallest absolute Gasteiger partial charge is 0.252 e. The molecule has 1 aliphatic heterocycles. The van der Waals surface area contributed by atoms with Gasteiger partial charge in [-0.3, -0.25) is 0 Å². The normalized spacial score (nSPS) is 21.1. The first-order valence-electron chi connectivity index (χ1n) is 7.26. The van der Waals surface area contributed by atoms with Crippen molar-refractivity contribution in [1.82, 2.24) is 14.5 Å². The lowest BCUT2D eigenvalue weighted by Crippen LogP contribution is -2.47. The minimum atomic E-state index is -3.35. The maximum absolute atomic E-state index is 12.8. The summed E-state index contributed by atoms with van der Waals surface area (Å²) in [6.45, 7) is 3.91. The van der Waals surface area contributed by atoms with E-state index < -0.39 is 10.0 Å². The molecule has 0 aliphatic carbocycles. The van der Waals surface area contributed by atoms with Gasteiger partial charge in [-0.2, -0.15) is 4.31 Å². The Labute approximate surface area is 132 Å². The molecule has 2 heterocycles. The third kappa shape index (κ3) is 3.65. The Morgan fingerprint density at radius 1 is 1.48 bits per heavy atom. The van der Waals surface area contributed by atoms with E-state index >= 15 is 0 Å². The Bertz CT molecular complexity index is 581. The molecule has 1 unspecified atom stereocenters. The SMILES string of the molecule is CNCc1sc(S(=O)(=O)N2CCCC(N(C)C)C2)cc1C. The molecule has 7 heteroatoms. The van der Waals surface area contributed by atoms with Gasteiger partial charge in [0.1, 0.15) is 4.21 Å². The molecule has 0 bridgehead atoms. The number of nitrogens with zero attached hydrogens (tertiary/aromatic N) is 2. The van der Waals surface area contributed by atoms with Crippen molar-refractivity contribution in [1.29, 1.82) is 0 Å². The van der Waals surface area contributed by atoms with Gasteiger partial charge < -0.3 is 10.2 Å². The summed E-state index contributed by atoms with van der Waals surface area (Å²) in [5.41, 5.74) is 1.05. The number of sulfonamides is 1. The summed E-state index contributed by atoms with van der Waals surface area (Å²) in [6, 6.07) is 2.12. The largest absolute Gasteiger partial charge is 0.315 e. The molecule has 1 atom stereocenters. The van der Waals surface area contributed by atoms with Crippen LogP contribution in [0.5, 0.6) is 0 Å². The molecule has 1 aliphatic rings. The Hall–Kier alpha value is -0.470. The fourth-order valence-electron chi connectivity index (χ4n) is 2.64. The van der Waals surface area contributed by atoms with Gasteiger partial charge in [0.2, 0.25) is 0 Å². The van der Waals surface area contributed by atoms with Crippen molar-refractivity contribution in [3.63, 3.8) is 0 Å². The van der Waals surface area contributed by atoms with Gasteiger partial charge in [0.25, 0.3) is 10.0 Å². The van der Waals surface area contributed by atoms with Gasteiger partial charge in [0.15, 0.2) is 0 Å². The van der Waals surface area contributed by atoms with Crippen LogP contribution in [-0.2, 0) is 16.6 Å². The monoisotopic (exact) mass is 331 g/mol. The van der Waals surface area contributed by atoms with E-state index in [9.17, 15) is 8.42 Å². The summed E-state index contributed by atoms with van der Waals surface area (Å²) in [6.07, 6.45) is 1.99. The average molecular weight is 332 g/mol. The summed E-state index contributed by atoms with van der Waals surface area (Å²) < 4.78 is 27.8. The van der Waals surface area contributed by atoms with E-state index in [2.05, 4.69) is 10.2 Å². The van der Waals surface area contributed by atoms with E-state index in [1.165, 1.54) is 11.3 Å². The molecule has 0 aromatic carbocycles. The standard InChI is InChI=1S/C14H25N3O2S2/c1-11-8-14(20-13(11)9-15-2)21(18,19)17-7-5-6-12(10-17)16(3)4/h8,12,15H,5-7,9-10H2,1-4H3. The molecular weight excluding hydrogens is 306 g/mol. The second kappa shape index (κ2) is 6.75. The van der Waals surface area contributed by atoms with Crippen molar-refractivity contribution >= 4 is 21.4 Å². The summed E-state index contributed by atoms with van der Waals surface area (Å²) in [5, 5.41) is 3.09. The van der Waals surface area contributed by atoms with E-state index in [4.69, 9.17) is 0 Å². The highest BCUT2D eigenvalue weighted by Crippen LogP contribution is 2.30. The van der Waals surface area contributed by atoms with Crippen molar-refractivity contribution < 1.29 is 8.42 Å². The van der Waals surface area contributed by atoms with Gasteiger partial charge in [0, 0.05) is 30.6 Å². The summed E-state index contributed by atoms with van der Waals surface area (Å²) in [4.78, 5) is 3.21. The van der Waals surface area contributed by atoms with Crippen LogP contribution in [0.15, 0.2) is 10.3 Å². The Morgan fingerprint density at radius 3 is 2.81 bits per heavy atom. The molecule has 1 aromatic heterocycles. The lowest BCUT2D eigenvalue weighted by molar-refractivity contribution is 0.190. The van der Waals surface area contributed by atoms with Crippen molar-refractivity contribution in [3.8, 4) is 0 Å². The molecule has 2 rings (SSSR count). The van der Waals surface area contributed by atoms with Crippen LogP contribution < -0.4 is 5.32 Å². The topological polar surface area (TPSA) is 52.7 Å². The van der Waals surface area contributed by atoms with Gasteiger partial charge >= 0.3 is 0 Å². The third-order valence-corrected chi connectivity index (χ3v) is 7.57. The van der Waals surface area contributed by atoms with Crippen LogP contribution in [0, 0.1) is 6.92 Å². The Kier molecular flexibility index (Phi) is 5.43. The van der Waals surface area contributed by atoms with Gasteiger partial charge in [-0.25, -0.2) is 8.42 Å². The summed E-state index contributed by atoms with van der Waals surface area (Å²) >= 11 is 1.39. The fourth-order valence-corrected chi connectivity index (χ4v) is 5.91. The van der Waals surface area contributed by atoms with E-state index in [-0.39, 0.29) is 0 Å². The predicted octanol–water partition coefficient (Wildman–Crippen LogP) is 1.49. The summed E-state index contributed by atoms with van der Waals surface area (Å²) in [5.74, 6) is 0. The molecule has 1 fully saturated rings. The van der Waals surface area contributed by atoms with Crippen molar-refractivity contribution in [2.75, 3.05) is 34.2 Å². The molecule has 5 nitrogen and oxygen atoms in total. The molecule has 0 radical (unpaired) electrons. The van der Waals surface area contributed by atoms with Crippen molar-refractivity contribution in [2.24, 2.45) is 0 Å². The molecule has 21 heavy (non-hydrogen) atoms. The van der Waals surface area contributed by atoms with Crippen LogP contribution in [0.2, 0.25) is 0 Å². The first kappa shape index (κ1) is 16.9. The van der Waals surface area contributed by atoms with Crippen LogP contribution in [0.3, 0.4) is 0 Å². The number of aryl methyl sites for hydroxylation is 1. The third-order valence-electron chi connectivity index (χ3n) is 4.02. The highest BCUT2D eigenvalue weighted by atomic mass is 32.2. The molecule has 1 aromatic rings. The average Bonchev–Trinajstić information content (AvgIpc) is 2.81. The van der Waals surface area contributed by atoms with E-state index in [1.54, 1.807) is 4.31 Å². The maximum atomic E-state index is 12.8. The van der Waals surface area contributed by atoms with Gasteiger partial charge in [-0.05, 0) is 52.5 Å². The first-order chi connectivity index (χ1) is 9.86. The second-order valence-electron chi connectivity index (χ2n) is 5.82.